The van der Waals surface area contributed by atoms with Gasteiger partial charge in [-0.05, 0) is 55.2 Å². The van der Waals surface area contributed by atoms with Crippen molar-refractivity contribution < 1.29 is 4.79 Å². The van der Waals surface area contributed by atoms with E-state index in [4.69, 9.17) is 0 Å². The summed E-state index contributed by atoms with van der Waals surface area (Å²) in [6.45, 7) is 3.28. The third-order valence-electron chi connectivity index (χ3n) is 6.92. The van der Waals surface area contributed by atoms with Crippen molar-refractivity contribution in [1.29, 1.82) is 0 Å². The first kappa shape index (κ1) is 25.2. The first-order valence-electron chi connectivity index (χ1n) is 13.2. The average Bonchev–Trinajstić information content (AvgIpc) is 3.73. The van der Waals surface area contributed by atoms with Gasteiger partial charge in [0.15, 0.2) is 5.65 Å². The number of carbonyl (C=O) groups excluding carboxylic acids is 1. The van der Waals surface area contributed by atoms with Gasteiger partial charge in [0, 0.05) is 43.6 Å². The highest BCUT2D eigenvalue weighted by Gasteiger charge is 2.29. The molecule has 5 aromatic rings. The van der Waals surface area contributed by atoms with Crippen LogP contribution in [0.4, 0.5) is 5.82 Å². The summed E-state index contributed by atoms with van der Waals surface area (Å²) in [5.41, 5.74) is 3.23. The second kappa shape index (κ2) is 10.6. The minimum absolute atomic E-state index is 0.0183. The van der Waals surface area contributed by atoms with Gasteiger partial charge in [0.05, 0.1) is 0 Å². The van der Waals surface area contributed by atoms with Crippen molar-refractivity contribution in [3.05, 3.63) is 105 Å². The average molecular weight is 537 g/mol. The number of carbonyl (C=O) groups is 1. The van der Waals surface area contributed by atoms with Crippen LogP contribution >= 0.6 is 0 Å². The molecule has 3 N–H and O–H groups in total. The molecule has 0 aliphatic heterocycles. The first-order chi connectivity index (χ1) is 19.5. The van der Waals surface area contributed by atoms with Crippen LogP contribution in [0.25, 0.3) is 22.6 Å². The molecule has 0 spiro atoms. The molecule has 11 heteroatoms. The largest absolute Gasteiger partial charge is 0.366 e. The Morgan fingerprint density at radius 1 is 1.00 bits per heavy atom. The summed E-state index contributed by atoms with van der Waals surface area (Å²) < 4.78 is 2.89. The lowest BCUT2D eigenvalue weighted by Gasteiger charge is -2.08. The van der Waals surface area contributed by atoms with E-state index in [0.717, 1.165) is 24.0 Å². The maximum absolute atomic E-state index is 13.0. The zero-order valence-corrected chi connectivity index (χ0v) is 21.9. The second-order valence-electron chi connectivity index (χ2n) is 9.72. The zero-order valence-electron chi connectivity index (χ0n) is 21.9. The number of H-pyrrole nitrogens is 1. The number of anilines is 1. The van der Waals surface area contributed by atoms with E-state index in [1.165, 1.54) is 9.13 Å². The molecule has 1 aromatic carbocycles. The number of nitrogens with one attached hydrogen (secondary N) is 3. The number of aromatic amines is 1. The monoisotopic (exact) mass is 536 g/mol. The number of amides is 1. The summed E-state index contributed by atoms with van der Waals surface area (Å²) in [5, 5.41) is 6.17. The highest BCUT2D eigenvalue weighted by molar-refractivity contribution is 5.92. The molecule has 11 nitrogen and oxygen atoms in total. The number of hydrogen-bond acceptors (Lipinski definition) is 7. The van der Waals surface area contributed by atoms with E-state index in [9.17, 15) is 14.4 Å². The van der Waals surface area contributed by atoms with Gasteiger partial charge in [-0.15, -0.1) is 0 Å². The van der Waals surface area contributed by atoms with Gasteiger partial charge in [0.2, 0.25) is 0 Å². The fraction of sp³-hybridized carbons (Fsp3) is 0.241. The van der Waals surface area contributed by atoms with Gasteiger partial charge in [0.25, 0.3) is 11.5 Å². The molecule has 1 fully saturated rings. The van der Waals surface area contributed by atoms with Crippen LogP contribution in [0.1, 0.15) is 47.4 Å². The fourth-order valence-electron chi connectivity index (χ4n) is 4.59. The van der Waals surface area contributed by atoms with Crippen LogP contribution in [-0.4, -0.2) is 35.0 Å². The maximum atomic E-state index is 13.0. The van der Waals surface area contributed by atoms with Crippen molar-refractivity contribution in [2.45, 2.75) is 45.4 Å². The van der Waals surface area contributed by atoms with Crippen LogP contribution in [0.2, 0.25) is 0 Å². The Hall–Kier alpha value is -5.06. The lowest BCUT2D eigenvalue weighted by Crippen LogP contribution is -2.39. The van der Waals surface area contributed by atoms with Crippen molar-refractivity contribution in [2.75, 3.05) is 5.32 Å². The molecule has 6 rings (SSSR count). The molecule has 1 aliphatic rings. The Morgan fingerprint density at radius 2 is 1.77 bits per heavy atom. The van der Waals surface area contributed by atoms with Gasteiger partial charge in [-0.3, -0.25) is 23.7 Å². The van der Waals surface area contributed by atoms with Crippen LogP contribution in [0.5, 0.6) is 0 Å². The predicted octanol–water partition coefficient (Wildman–Crippen LogP) is 3.24. The minimum Gasteiger partial charge on any atom is -0.366 e. The standard InChI is InChI=1S/C29H28N8O3/c1-2-36-26-24(28(39)37(29(36)40)21-11-12-21)34-25(35-26)20-10-13-23(32-17-20)31-15-18-6-8-19(9-7-18)16-33-27(38)22-5-3-4-14-30-22/h3-10,13-14,17,21H,2,11-12,15-16H2,1H3,(H,31,32)(H,33,38)(H,34,35). The number of aryl methyl sites for hydroxylation is 1. The number of hydrogen-bond donors (Lipinski definition) is 3. The summed E-state index contributed by atoms with van der Waals surface area (Å²) >= 11 is 0. The number of imidazole rings is 1. The van der Waals surface area contributed by atoms with Crippen LogP contribution < -0.4 is 21.9 Å². The smallest absolute Gasteiger partial charge is 0.332 e. The van der Waals surface area contributed by atoms with E-state index >= 15 is 0 Å². The van der Waals surface area contributed by atoms with Gasteiger partial charge >= 0.3 is 5.69 Å². The van der Waals surface area contributed by atoms with E-state index < -0.39 is 0 Å². The van der Waals surface area contributed by atoms with Crippen molar-refractivity contribution in [1.82, 2.24) is 34.4 Å². The number of fused-ring (bicyclic) bond motifs is 1. The maximum Gasteiger partial charge on any atom is 0.332 e. The first-order valence-corrected chi connectivity index (χ1v) is 13.2. The molecule has 1 amide bonds. The van der Waals surface area contributed by atoms with Crippen molar-refractivity contribution in [2.24, 2.45) is 0 Å². The Balaban J connectivity index is 1.10. The number of pyridine rings is 2. The number of benzene rings is 1. The number of rotatable bonds is 9. The lowest BCUT2D eigenvalue weighted by molar-refractivity contribution is 0.0946. The molecule has 1 aliphatic carbocycles. The van der Waals surface area contributed by atoms with Crippen molar-refractivity contribution in [3.63, 3.8) is 0 Å². The molecule has 0 atom stereocenters. The van der Waals surface area contributed by atoms with Crippen molar-refractivity contribution >= 4 is 22.9 Å². The highest BCUT2D eigenvalue weighted by atomic mass is 16.2. The molecular formula is C29H28N8O3. The quantitative estimate of drug-likeness (QED) is 0.263. The van der Waals surface area contributed by atoms with Gasteiger partial charge < -0.3 is 15.6 Å². The van der Waals surface area contributed by atoms with Crippen LogP contribution in [0.15, 0.2) is 76.6 Å². The van der Waals surface area contributed by atoms with Gasteiger partial charge in [-0.2, -0.15) is 0 Å². The number of aromatic nitrogens is 6. The molecule has 4 aromatic heterocycles. The van der Waals surface area contributed by atoms with Crippen LogP contribution in [0, 0.1) is 0 Å². The Morgan fingerprint density at radius 3 is 2.42 bits per heavy atom. The van der Waals surface area contributed by atoms with Crippen LogP contribution in [-0.2, 0) is 19.6 Å². The molecule has 1 saturated carbocycles. The molecular weight excluding hydrogens is 508 g/mol. The molecule has 0 bridgehead atoms. The van der Waals surface area contributed by atoms with Gasteiger partial charge in [0.1, 0.15) is 22.9 Å². The predicted molar refractivity (Wildman–Crippen MR) is 151 cm³/mol. The van der Waals surface area contributed by atoms with Crippen LogP contribution in [0.3, 0.4) is 0 Å². The Labute approximate surface area is 229 Å². The lowest BCUT2D eigenvalue weighted by atomic mass is 10.1. The zero-order chi connectivity index (χ0) is 27.6. The molecule has 40 heavy (non-hydrogen) atoms. The molecule has 4 heterocycles. The number of nitrogens with zero attached hydrogens (tertiary/aromatic N) is 5. The topological polar surface area (TPSA) is 140 Å². The normalized spacial score (nSPS) is 12.9. The third-order valence-corrected chi connectivity index (χ3v) is 6.92. The minimum atomic E-state index is -0.321. The Kier molecular flexibility index (Phi) is 6.69. The molecule has 0 saturated heterocycles. The molecule has 202 valence electrons. The summed E-state index contributed by atoms with van der Waals surface area (Å²) in [6.07, 6.45) is 4.97. The van der Waals surface area contributed by atoms with E-state index in [-0.39, 0.29) is 23.2 Å². The molecule has 0 unspecified atom stereocenters. The second-order valence-corrected chi connectivity index (χ2v) is 9.72. The summed E-state index contributed by atoms with van der Waals surface area (Å²) in [5.74, 6) is 0.971. The van der Waals surface area contributed by atoms with Gasteiger partial charge in [-0.1, -0.05) is 30.3 Å². The summed E-state index contributed by atoms with van der Waals surface area (Å²) in [6, 6.07) is 16.9. The molecule has 0 radical (unpaired) electrons. The third kappa shape index (κ3) is 5.00. The van der Waals surface area contributed by atoms with E-state index in [1.54, 1.807) is 30.6 Å². The summed E-state index contributed by atoms with van der Waals surface area (Å²) in [7, 11) is 0. The Bertz CT molecular complexity index is 1780. The SMILES string of the molecule is CCn1c(=O)n(C2CC2)c(=O)c2[nH]c(-c3ccc(NCc4ccc(CNC(=O)c5ccccn5)cc4)nc3)nc21. The van der Waals surface area contributed by atoms with E-state index in [0.29, 0.717) is 53.7 Å². The van der Waals surface area contributed by atoms with Gasteiger partial charge in [-0.25, -0.2) is 14.8 Å². The van der Waals surface area contributed by atoms with E-state index in [2.05, 4.69) is 30.6 Å². The van der Waals surface area contributed by atoms with E-state index in [1.807, 2.05) is 43.3 Å². The van der Waals surface area contributed by atoms with Crippen molar-refractivity contribution in [3.8, 4) is 11.4 Å². The highest BCUT2D eigenvalue weighted by Crippen LogP contribution is 2.32. The fourth-order valence-corrected chi connectivity index (χ4v) is 4.59. The summed E-state index contributed by atoms with van der Waals surface area (Å²) in [4.78, 5) is 54.3.